The summed E-state index contributed by atoms with van der Waals surface area (Å²) in [5.74, 6) is 1.96. The number of anilines is 1. The maximum atomic E-state index is 13.0. The molecule has 1 amide bonds. The SMILES string of the molecule is C[C@H]1CN(c2nc3cc(Cl)ccc3c3nnc(-c4ccco4)n23)CCN1C(=O)c1cccs1. The zero-order chi connectivity index (χ0) is 22.5. The van der Waals surface area contributed by atoms with Gasteiger partial charge in [-0.1, -0.05) is 17.7 Å². The normalized spacial score (nSPS) is 16.7. The van der Waals surface area contributed by atoms with E-state index >= 15 is 0 Å². The Morgan fingerprint density at radius 1 is 1.18 bits per heavy atom. The largest absolute Gasteiger partial charge is 0.461 e. The maximum Gasteiger partial charge on any atom is 0.264 e. The summed E-state index contributed by atoms with van der Waals surface area (Å²) in [7, 11) is 0. The van der Waals surface area contributed by atoms with Crippen LogP contribution in [0.1, 0.15) is 16.6 Å². The van der Waals surface area contributed by atoms with E-state index in [-0.39, 0.29) is 11.9 Å². The van der Waals surface area contributed by atoms with E-state index in [0.29, 0.717) is 47.8 Å². The Kier molecular flexibility index (Phi) is 4.81. The average Bonchev–Trinajstić information content (AvgIpc) is 3.59. The predicted molar refractivity (Wildman–Crippen MR) is 128 cm³/mol. The van der Waals surface area contributed by atoms with Crippen LogP contribution in [0.3, 0.4) is 0 Å². The van der Waals surface area contributed by atoms with E-state index in [2.05, 4.69) is 22.0 Å². The summed E-state index contributed by atoms with van der Waals surface area (Å²) in [6, 6.07) is 13.0. The van der Waals surface area contributed by atoms with Crippen LogP contribution in [0.4, 0.5) is 5.95 Å². The highest BCUT2D eigenvalue weighted by atomic mass is 35.5. The first-order valence-corrected chi connectivity index (χ1v) is 11.8. The van der Waals surface area contributed by atoms with Gasteiger partial charge in [0.05, 0.1) is 16.7 Å². The number of amides is 1. The van der Waals surface area contributed by atoms with Crippen molar-refractivity contribution in [3.8, 4) is 11.6 Å². The second kappa shape index (κ2) is 7.86. The highest BCUT2D eigenvalue weighted by molar-refractivity contribution is 7.12. The average molecular weight is 479 g/mol. The molecule has 1 aliphatic rings. The molecule has 4 aromatic heterocycles. The number of hydrogen-bond acceptors (Lipinski definition) is 7. The van der Waals surface area contributed by atoms with Gasteiger partial charge in [0.2, 0.25) is 11.8 Å². The second-order valence-corrected chi connectivity index (χ2v) is 9.39. The summed E-state index contributed by atoms with van der Waals surface area (Å²) in [4.78, 5) is 22.8. The van der Waals surface area contributed by atoms with E-state index in [0.717, 1.165) is 15.8 Å². The summed E-state index contributed by atoms with van der Waals surface area (Å²) in [6.45, 7) is 3.91. The van der Waals surface area contributed by atoms with Crippen LogP contribution in [0.15, 0.2) is 58.5 Å². The Balaban J connectivity index is 1.45. The molecule has 0 bridgehead atoms. The lowest BCUT2D eigenvalue weighted by Crippen LogP contribution is -2.54. The zero-order valence-corrected chi connectivity index (χ0v) is 19.3. The topological polar surface area (TPSA) is 79.8 Å². The fourth-order valence-corrected chi connectivity index (χ4v) is 5.20. The van der Waals surface area contributed by atoms with E-state index in [4.69, 9.17) is 21.0 Å². The lowest BCUT2D eigenvalue weighted by atomic mass is 10.2. The highest BCUT2D eigenvalue weighted by Crippen LogP contribution is 2.31. The van der Waals surface area contributed by atoms with Crippen LogP contribution in [-0.4, -0.2) is 56.1 Å². The molecule has 8 nitrogen and oxygen atoms in total. The number of piperazine rings is 1. The molecule has 0 spiro atoms. The molecule has 166 valence electrons. The van der Waals surface area contributed by atoms with Gasteiger partial charge in [-0.05, 0) is 48.7 Å². The molecule has 0 radical (unpaired) electrons. The van der Waals surface area contributed by atoms with Crippen LogP contribution >= 0.6 is 22.9 Å². The van der Waals surface area contributed by atoms with Crippen molar-refractivity contribution in [1.82, 2.24) is 24.5 Å². The molecule has 5 aromatic rings. The maximum absolute atomic E-state index is 13.0. The molecule has 1 saturated heterocycles. The van der Waals surface area contributed by atoms with Gasteiger partial charge in [-0.25, -0.2) is 9.38 Å². The van der Waals surface area contributed by atoms with Gasteiger partial charge in [0, 0.05) is 36.1 Å². The van der Waals surface area contributed by atoms with Gasteiger partial charge in [0.25, 0.3) is 5.91 Å². The summed E-state index contributed by atoms with van der Waals surface area (Å²) in [5.41, 5.74) is 1.43. The van der Waals surface area contributed by atoms with Crippen molar-refractivity contribution in [2.24, 2.45) is 0 Å². The Morgan fingerprint density at radius 2 is 2.09 bits per heavy atom. The van der Waals surface area contributed by atoms with Gasteiger partial charge >= 0.3 is 0 Å². The number of nitrogens with zero attached hydrogens (tertiary/aromatic N) is 6. The Labute approximate surface area is 198 Å². The number of thiophene rings is 1. The minimum absolute atomic E-state index is 0.00352. The van der Waals surface area contributed by atoms with Crippen molar-refractivity contribution in [3.05, 3.63) is 64.0 Å². The van der Waals surface area contributed by atoms with Crippen LogP contribution in [0.2, 0.25) is 5.02 Å². The van der Waals surface area contributed by atoms with Crippen LogP contribution in [0.5, 0.6) is 0 Å². The summed E-state index contributed by atoms with van der Waals surface area (Å²) >= 11 is 7.74. The van der Waals surface area contributed by atoms with Crippen LogP contribution in [0.25, 0.3) is 28.1 Å². The molecule has 5 heterocycles. The van der Waals surface area contributed by atoms with E-state index < -0.39 is 0 Å². The van der Waals surface area contributed by atoms with Gasteiger partial charge in [0.1, 0.15) is 0 Å². The number of carbonyl (C=O) groups is 1. The first-order valence-electron chi connectivity index (χ1n) is 10.6. The van der Waals surface area contributed by atoms with E-state index in [1.54, 1.807) is 6.26 Å². The third kappa shape index (κ3) is 3.35. The number of furan rings is 1. The molecule has 0 unspecified atom stereocenters. The Morgan fingerprint density at radius 3 is 2.85 bits per heavy atom. The number of halogens is 1. The van der Waals surface area contributed by atoms with Gasteiger partial charge in [-0.3, -0.25) is 4.79 Å². The predicted octanol–water partition coefficient (Wildman–Crippen LogP) is 4.60. The van der Waals surface area contributed by atoms with E-state index in [1.807, 2.05) is 57.1 Å². The summed E-state index contributed by atoms with van der Waals surface area (Å²) in [6.07, 6.45) is 1.61. The molecular formula is C23H19ClN6O2S. The lowest BCUT2D eigenvalue weighted by Gasteiger charge is -2.40. The van der Waals surface area contributed by atoms with E-state index in [1.165, 1.54) is 11.3 Å². The molecular weight excluding hydrogens is 460 g/mol. The fourth-order valence-electron chi connectivity index (χ4n) is 4.35. The van der Waals surface area contributed by atoms with Gasteiger partial charge in [-0.15, -0.1) is 21.5 Å². The van der Waals surface area contributed by atoms with Crippen molar-refractivity contribution < 1.29 is 9.21 Å². The quantitative estimate of drug-likeness (QED) is 0.377. The van der Waals surface area contributed by atoms with Crippen molar-refractivity contribution >= 4 is 51.3 Å². The van der Waals surface area contributed by atoms with Crippen LogP contribution in [0, 0.1) is 0 Å². The highest BCUT2D eigenvalue weighted by Gasteiger charge is 2.31. The number of benzene rings is 1. The minimum atomic E-state index is 0.00352. The van der Waals surface area contributed by atoms with Gasteiger partial charge in [0.15, 0.2) is 11.4 Å². The molecule has 6 rings (SSSR count). The third-order valence-corrected chi connectivity index (χ3v) is 7.02. The molecule has 1 atom stereocenters. The van der Waals surface area contributed by atoms with Crippen molar-refractivity contribution in [1.29, 1.82) is 0 Å². The third-order valence-electron chi connectivity index (χ3n) is 5.93. The van der Waals surface area contributed by atoms with Crippen LogP contribution < -0.4 is 4.90 Å². The summed E-state index contributed by atoms with van der Waals surface area (Å²) < 4.78 is 7.56. The molecule has 33 heavy (non-hydrogen) atoms. The second-order valence-electron chi connectivity index (χ2n) is 8.00. The Hall–Kier alpha value is -3.43. The van der Waals surface area contributed by atoms with Crippen molar-refractivity contribution in [2.75, 3.05) is 24.5 Å². The van der Waals surface area contributed by atoms with E-state index in [9.17, 15) is 4.79 Å². The molecule has 0 saturated carbocycles. The van der Waals surface area contributed by atoms with Crippen LogP contribution in [-0.2, 0) is 0 Å². The number of carbonyl (C=O) groups excluding carboxylic acids is 1. The Bertz CT molecular complexity index is 1460. The molecule has 0 aliphatic carbocycles. The number of hydrogen-bond donors (Lipinski definition) is 0. The molecule has 0 N–H and O–H groups in total. The van der Waals surface area contributed by atoms with Gasteiger partial charge in [-0.2, -0.15) is 0 Å². The zero-order valence-electron chi connectivity index (χ0n) is 17.7. The lowest BCUT2D eigenvalue weighted by molar-refractivity contribution is 0.0678. The molecule has 10 heteroatoms. The number of fused-ring (bicyclic) bond motifs is 3. The number of rotatable bonds is 3. The minimum Gasteiger partial charge on any atom is -0.461 e. The monoisotopic (exact) mass is 478 g/mol. The fraction of sp³-hybridized carbons (Fsp3) is 0.217. The smallest absolute Gasteiger partial charge is 0.264 e. The van der Waals surface area contributed by atoms with Gasteiger partial charge < -0.3 is 14.2 Å². The molecule has 1 aromatic carbocycles. The van der Waals surface area contributed by atoms with Crippen molar-refractivity contribution in [2.45, 2.75) is 13.0 Å². The summed E-state index contributed by atoms with van der Waals surface area (Å²) in [5, 5.41) is 12.3. The molecule has 1 fully saturated rings. The number of aromatic nitrogens is 4. The first-order chi connectivity index (χ1) is 16.1. The van der Waals surface area contributed by atoms with Crippen molar-refractivity contribution in [3.63, 3.8) is 0 Å². The first kappa shape index (κ1) is 20.2. The molecule has 1 aliphatic heterocycles. The standard InChI is InChI=1S/C23H19ClN6O2S/c1-14-13-28(8-9-29(14)22(31)19-5-3-11-33-19)23-25-17-12-15(24)6-7-16(17)20-26-27-21(30(20)23)18-4-2-10-32-18/h2-7,10-12,14H,8-9,13H2,1H3/t14-/m0/s1.